The Morgan fingerprint density at radius 1 is 1.30 bits per heavy atom. The van der Waals surface area contributed by atoms with Crippen molar-refractivity contribution in [3.63, 3.8) is 0 Å². The lowest BCUT2D eigenvalue weighted by atomic mass is 10.2. The van der Waals surface area contributed by atoms with E-state index in [1.54, 1.807) is 0 Å². The van der Waals surface area contributed by atoms with Gasteiger partial charge < -0.3 is 24.4 Å². The maximum absolute atomic E-state index is 9.76. The van der Waals surface area contributed by atoms with Gasteiger partial charge in [0.1, 0.15) is 5.76 Å². The van der Waals surface area contributed by atoms with Crippen LogP contribution in [0.3, 0.4) is 0 Å². The molecule has 0 saturated heterocycles. The van der Waals surface area contributed by atoms with Crippen LogP contribution in [0.1, 0.15) is 30.9 Å². The minimum Gasteiger partial charge on any atom is -0.389 e. The predicted octanol–water partition coefficient (Wildman–Crippen LogP) is 1.18. The van der Waals surface area contributed by atoms with Gasteiger partial charge in [0.25, 0.3) is 0 Å². The molecule has 20 heavy (non-hydrogen) atoms. The van der Waals surface area contributed by atoms with Gasteiger partial charge in [-0.25, -0.2) is 0 Å². The van der Waals surface area contributed by atoms with Crippen molar-refractivity contribution in [2.45, 2.75) is 46.4 Å². The number of nitrogens with one attached hydrogen (secondary N) is 1. The van der Waals surface area contributed by atoms with Gasteiger partial charge in [-0.1, -0.05) is 5.16 Å². The molecule has 0 aliphatic rings. The maximum atomic E-state index is 9.76. The molecular formula is C14H26N2O4. The summed E-state index contributed by atoms with van der Waals surface area (Å²) in [6, 6.07) is 0. The number of ether oxygens (including phenoxy) is 2. The topological polar surface area (TPSA) is 76.8 Å². The van der Waals surface area contributed by atoms with Crippen LogP contribution in [0.5, 0.6) is 0 Å². The molecule has 6 heteroatoms. The number of aliphatic hydroxyl groups excluding tert-OH is 1. The van der Waals surface area contributed by atoms with Crippen molar-refractivity contribution in [1.29, 1.82) is 0 Å². The molecule has 0 radical (unpaired) electrons. The molecular weight excluding hydrogens is 260 g/mol. The van der Waals surface area contributed by atoms with Crippen LogP contribution in [0.15, 0.2) is 4.52 Å². The van der Waals surface area contributed by atoms with Crippen molar-refractivity contribution >= 4 is 0 Å². The molecule has 0 aliphatic carbocycles. The van der Waals surface area contributed by atoms with Gasteiger partial charge in [0.2, 0.25) is 0 Å². The predicted molar refractivity (Wildman–Crippen MR) is 75.6 cm³/mol. The van der Waals surface area contributed by atoms with Crippen LogP contribution in [0.4, 0.5) is 0 Å². The minimum atomic E-state index is -0.533. The number of hydrogen-bond acceptors (Lipinski definition) is 6. The van der Waals surface area contributed by atoms with E-state index in [1.807, 2.05) is 27.7 Å². The lowest BCUT2D eigenvalue weighted by Gasteiger charge is -2.13. The highest BCUT2D eigenvalue weighted by Crippen LogP contribution is 2.11. The van der Waals surface area contributed by atoms with Crippen LogP contribution in [-0.2, 0) is 16.0 Å². The van der Waals surface area contributed by atoms with Crippen LogP contribution in [0, 0.1) is 13.8 Å². The van der Waals surface area contributed by atoms with E-state index in [0.29, 0.717) is 32.9 Å². The zero-order chi connectivity index (χ0) is 15.0. The third kappa shape index (κ3) is 6.47. The summed E-state index contributed by atoms with van der Waals surface area (Å²) >= 11 is 0. The molecule has 0 fully saturated rings. The molecule has 116 valence electrons. The number of nitrogens with zero attached hydrogens (tertiary/aromatic N) is 1. The summed E-state index contributed by atoms with van der Waals surface area (Å²) in [4.78, 5) is 0. The second kappa shape index (κ2) is 9.07. The number of hydrogen-bond donors (Lipinski definition) is 2. The lowest BCUT2D eigenvalue weighted by molar-refractivity contribution is -0.0100. The zero-order valence-corrected chi connectivity index (χ0v) is 12.8. The Bertz CT molecular complexity index is 360. The summed E-state index contributed by atoms with van der Waals surface area (Å²) in [6.07, 6.45) is -0.324. The number of aryl methyl sites for hydroxylation is 2. The molecule has 1 unspecified atom stereocenters. The first-order valence-corrected chi connectivity index (χ1v) is 7.00. The normalized spacial score (nSPS) is 13.1. The van der Waals surface area contributed by atoms with Gasteiger partial charge in [-0.2, -0.15) is 0 Å². The van der Waals surface area contributed by atoms with E-state index in [2.05, 4.69) is 10.5 Å². The molecule has 1 aromatic rings. The Hall–Kier alpha value is -0.950. The maximum Gasteiger partial charge on any atom is 0.138 e. The van der Waals surface area contributed by atoms with Gasteiger partial charge in [-0.15, -0.1) is 0 Å². The average Bonchev–Trinajstić information content (AvgIpc) is 2.69. The van der Waals surface area contributed by atoms with Crippen molar-refractivity contribution in [2.75, 3.05) is 26.4 Å². The van der Waals surface area contributed by atoms with Gasteiger partial charge >= 0.3 is 0 Å². The molecule has 1 aromatic heterocycles. The summed E-state index contributed by atoms with van der Waals surface area (Å²) < 4.78 is 15.7. The summed E-state index contributed by atoms with van der Waals surface area (Å²) in [5, 5.41) is 16.8. The largest absolute Gasteiger partial charge is 0.389 e. The van der Waals surface area contributed by atoms with E-state index in [1.165, 1.54) is 0 Å². The Labute approximate surface area is 120 Å². The molecule has 1 rings (SSSR count). The molecule has 0 amide bonds. The summed E-state index contributed by atoms with van der Waals surface area (Å²) in [5.41, 5.74) is 1.93. The van der Waals surface area contributed by atoms with E-state index >= 15 is 0 Å². The fourth-order valence-corrected chi connectivity index (χ4v) is 1.74. The molecule has 0 aromatic carbocycles. The van der Waals surface area contributed by atoms with E-state index in [0.717, 1.165) is 17.0 Å². The van der Waals surface area contributed by atoms with Crippen molar-refractivity contribution in [2.24, 2.45) is 0 Å². The van der Waals surface area contributed by atoms with Gasteiger partial charge in [0.15, 0.2) is 0 Å². The molecule has 2 N–H and O–H groups in total. The summed E-state index contributed by atoms with van der Waals surface area (Å²) in [6.45, 7) is 10.2. The quantitative estimate of drug-likeness (QED) is 0.629. The van der Waals surface area contributed by atoms with Crippen molar-refractivity contribution in [3.8, 4) is 0 Å². The molecule has 1 atom stereocenters. The summed E-state index contributed by atoms with van der Waals surface area (Å²) in [5.74, 6) is 0.812. The van der Waals surface area contributed by atoms with Crippen LogP contribution in [-0.4, -0.2) is 48.8 Å². The van der Waals surface area contributed by atoms with E-state index in [-0.39, 0.29) is 6.10 Å². The third-order valence-corrected chi connectivity index (χ3v) is 2.85. The highest BCUT2D eigenvalue weighted by Gasteiger charge is 2.09. The van der Waals surface area contributed by atoms with Gasteiger partial charge in [0, 0.05) is 18.7 Å². The second-order valence-electron chi connectivity index (χ2n) is 5.08. The molecule has 1 heterocycles. The molecule has 0 bridgehead atoms. The molecule has 0 aliphatic heterocycles. The Morgan fingerprint density at radius 2 is 2.05 bits per heavy atom. The first-order valence-electron chi connectivity index (χ1n) is 7.00. The van der Waals surface area contributed by atoms with E-state index < -0.39 is 6.10 Å². The smallest absolute Gasteiger partial charge is 0.138 e. The van der Waals surface area contributed by atoms with Gasteiger partial charge in [-0.05, 0) is 27.7 Å². The Morgan fingerprint density at radius 3 is 2.65 bits per heavy atom. The highest BCUT2D eigenvalue weighted by molar-refractivity contribution is 5.20. The summed E-state index contributed by atoms with van der Waals surface area (Å²) in [7, 11) is 0. The number of aliphatic hydroxyl groups is 1. The van der Waals surface area contributed by atoms with Gasteiger partial charge in [0.05, 0.1) is 37.7 Å². The minimum absolute atomic E-state index is 0.209. The van der Waals surface area contributed by atoms with E-state index in [4.69, 9.17) is 14.0 Å². The monoisotopic (exact) mass is 286 g/mol. The number of aromatic nitrogens is 1. The Kier molecular flexibility index (Phi) is 7.76. The molecule has 6 nitrogen and oxygen atoms in total. The first kappa shape index (κ1) is 17.1. The standard InChI is InChI=1S/C14H26N2O4/c1-10(2)19-6-5-18-9-13(17)7-15-8-14-11(3)16-20-12(14)4/h10,13,15,17H,5-9H2,1-4H3. The Balaban J connectivity index is 2.07. The fourth-order valence-electron chi connectivity index (χ4n) is 1.74. The highest BCUT2D eigenvalue weighted by atomic mass is 16.5. The van der Waals surface area contributed by atoms with Gasteiger partial charge in [-0.3, -0.25) is 0 Å². The van der Waals surface area contributed by atoms with Crippen LogP contribution in [0.25, 0.3) is 0 Å². The van der Waals surface area contributed by atoms with E-state index in [9.17, 15) is 5.11 Å². The number of rotatable bonds is 10. The molecule has 0 saturated carbocycles. The van der Waals surface area contributed by atoms with Crippen molar-refractivity contribution in [1.82, 2.24) is 10.5 Å². The van der Waals surface area contributed by atoms with Crippen molar-refractivity contribution < 1.29 is 19.1 Å². The second-order valence-corrected chi connectivity index (χ2v) is 5.08. The van der Waals surface area contributed by atoms with Crippen molar-refractivity contribution in [3.05, 3.63) is 17.0 Å². The lowest BCUT2D eigenvalue weighted by Crippen LogP contribution is -2.30. The first-order chi connectivity index (χ1) is 9.50. The third-order valence-electron chi connectivity index (χ3n) is 2.85. The average molecular weight is 286 g/mol. The zero-order valence-electron chi connectivity index (χ0n) is 12.8. The van der Waals surface area contributed by atoms with Crippen LogP contribution < -0.4 is 5.32 Å². The SMILES string of the molecule is Cc1noc(C)c1CNCC(O)COCCOC(C)C. The van der Waals surface area contributed by atoms with Crippen LogP contribution in [0.2, 0.25) is 0 Å². The fraction of sp³-hybridized carbons (Fsp3) is 0.786. The van der Waals surface area contributed by atoms with Crippen LogP contribution >= 0.6 is 0 Å². The molecule has 0 spiro atoms.